The molecule has 1 aromatic heterocycles. The molecule has 0 atom stereocenters. The van der Waals surface area contributed by atoms with Gasteiger partial charge in [-0.3, -0.25) is 0 Å². The summed E-state index contributed by atoms with van der Waals surface area (Å²) >= 11 is 0. The van der Waals surface area contributed by atoms with Crippen LogP contribution in [-0.2, 0) is 0 Å². The first-order valence-corrected chi connectivity index (χ1v) is 6.60. The lowest BCUT2D eigenvalue weighted by Gasteiger charge is -2.11. The van der Waals surface area contributed by atoms with Crippen molar-refractivity contribution in [3.63, 3.8) is 0 Å². The molecule has 0 aliphatic rings. The van der Waals surface area contributed by atoms with E-state index in [0.29, 0.717) is 5.75 Å². The van der Waals surface area contributed by atoms with Gasteiger partial charge in [0.05, 0.1) is 5.52 Å². The normalized spacial score (nSPS) is 11.2. The molecule has 0 radical (unpaired) electrons. The zero-order valence-electron chi connectivity index (χ0n) is 11.6. The molecular weight excluding hydrogens is 255 g/mol. The van der Waals surface area contributed by atoms with Crippen molar-refractivity contribution >= 4 is 27.5 Å². The summed E-state index contributed by atoms with van der Waals surface area (Å²) in [5, 5.41) is 2.33. The van der Waals surface area contributed by atoms with Gasteiger partial charge in [-0.15, -0.1) is 0 Å². The summed E-state index contributed by atoms with van der Waals surface area (Å²) in [6.45, 7) is -0.382. The molecule has 0 fully saturated rings. The minimum Gasteiger partial charge on any atom is -0.491 e. The Morgan fingerprint density at radius 1 is 1.05 bits per heavy atom. The molecule has 104 valence electrons. The Labute approximate surface area is 117 Å². The molecule has 3 aromatic rings. The number of aromatic amines is 1. The maximum atomic E-state index is 12.1. The highest BCUT2D eigenvalue weighted by molar-refractivity contribution is 6.08. The average Bonchev–Trinajstić information content (AvgIpc) is 2.81. The third-order valence-corrected chi connectivity index (χ3v) is 3.42. The van der Waals surface area contributed by atoms with Crippen molar-refractivity contribution in [3.8, 4) is 5.75 Å². The Bertz CT molecular complexity index is 749. The zero-order valence-corrected chi connectivity index (χ0v) is 11.6. The number of aromatic nitrogens is 1. The number of hydrogen-bond donors (Lipinski definition) is 1. The van der Waals surface area contributed by atoms with Crippen LogP contribution in [-0.4, -0.2) is 32.4 Å². The summed E-state index contributed by atoms with van der Waals surface area (Å²) in [5.41, 5.74) is 3.25. The first-order valence-electron chi connectivity index (χ1n) is 6.60. The molecule has 0 spiro atoms. The Hall–Kier alpha value is -2.23. The molecule has 0 aliphatic heterocycles. The van der Waals surface area contributed by atoms with Crippen LogP contribution in [0.5, 0.6) is 5.75 Å². The van der Waals surface area contributed by atoms with E-state index in [4.69, 9.17) is 4.74 Å². The van der Waals surface area contributed by atoms with Crippen LogP contribution in [0.3, 0.4) is 0 Å². The average molecular weight is 272 g/mol. The number of anilines is 1. The summed E-state index contributed by atoms with van der Waals surface area (Å²) < 4.78 is 17.5. The fourth-order valence-corrected chi connectivity index (χ4v) is 2.40. The number of hydrogen-bond acceptors (Lipinski definition) is 2. The van der Waals surface area contributed by atoms with E-state index in [1.54, 1.807) is 0 Å². The van der Waals surface area contributed by atoms with Crippen molar-refractivity contribution in [1.29, 1.82) is 0 Å². The van der Waals surface area contributed by atoms with E-state index in [-0.39, 0.29) is 6.61 Å². The van der Waals surface area contributed by atoms with Crippen LogP contribution in [0.2, 0.25) is 0 Å². The Kier molecular flexibility index (Phi) is 3.22. The molecule has 3 nitrogen and oxygen atoms in total. The minimum atomic E-state index is -0.475. The van der Waals surface area contributed by atoms with Crippen LogP contribution >= 0.6 is 0 Å². The number of nitrogens with one attached hydrogen (secondary N) is 1. The van der Waals surface area contributed by atoms with Crippen LogP contribution in [0, 0.1) is 0 Å². The second-order valence-electron chi connectivity index (χ2n) is 4.99. The molecule has 0 aliphatic carbocycles. The predicted octanol–water partition coefficient (Wildman–Crippen LogP) is 3.74. The third-order valence-electron chi connectivity index (χ3n) is 3.42. The van der Waals surface area contributed by atoms with Gasteiger partial charge in [-0.05, 0) is 24.3 Å². The fraction of sp³-hybridized carbons (Fsp3) is 0.250. The molecule has 20 heavy (non-hydrogen) atoms. The lowest BCUT2D eigenvalue weighted by Crippen LogP contribution is -2.07. The molecule has 1 N–H and O–H groups in total. The summed E-state index contributed by atoms with van der Waals surface area (Å²) in [6.07, 6.45) is 0. The summed E-state index contributed by atoms with van der Waals surface area (Å²) in [4.78, 5) is 5.46. The van der Waals surface area contributed by atoms with Crippen LogP contribution < -0.4 is 9.64 Å². The quantitative estimate of drug-likeness (QED) is 0.783. The van der Waals surface area contributed by atoms with Crippen LogP contribution in [0.15, 0.2) is 36.4 Å². The smallest absolute Gasteiger partial charge is 0.123 e. The molecule has 3 rings (SSSR count). The number of benzene rings is 2. The Morgan fingerprint density at radius 3 is 2.45 bits per heavy atom. The number of fused-ring (bicyclic) bond motifs is 3. The van der Waals surface area contributed by atoms with Gasteiger partial charge in [-0.1, -0.05) is 6.07 Å². The van der Waals surface area contributed by atoms with Gasteiger partial charge >= 0.3 is 0 Å². The van der Waals surface area contributed by atoms with E-state index in [0.717, 1.165) is 22.1 Å². The fourth-order valence-electron chi connectivity index (χ4n) is 2.40. The van der Waals surface area contributed by atoms with Crippen molar-refractivity contribution in [1.82, 2.24) is 4.98 Å². The van der Waals surface area contributed by atoms with E-state index < -0.39 is 6.67 Å². The van der Waals surface area contributed by atoms with Crippen LogP contribution in [0.25, 0.3) is 21.8 Å². The molecular formula is C16H17FN2O. The SMILES string of the molecule is CN(C)c1ccc2c(c1)[nH]c1cc(OCCF)ccc12. The monoisotopic (exact) mass is 272 g/mol. The van der Waals surface area contributed by atoms with Gasteiger partial charge in [0.2, 0.25) is 0 Å². The second kappa shape index (κ2) is 5.04. The van der Waals surface area contributed by atoms with Crippen molar-refractivity contribution in [2.24, 2.45) is 0 Å². The summed E-state index contributed by atoms with van der Waals surface area (Å²) in [5.74, 6) is 0.689. The molecule has 0 amide bonds. The van der Waals surface area contributed by atoms with Gasteiger partial charge in [-0.2, -0.15) is 0 Å². The van der Waals surface area contributed by atoms with Gasteiger partial charge in [0.25, 0.3) is 0 Å². The van der Waals surface area contributed by atoms with Crippen LogP contribution in [0.4, 0.5) is 10.1 Å². The summed E-state index contributed by atoms with van der Waals surface area (Å²) in [7, 11) is 4.04. The maximum Gasteiger partial charge on any atom is 0.123 e. The number of H-pyrrole nitrogens is 1. The topological polar surface area (TPSA) is 28.3 Å². The molecule has 0 saturated carbocycles. The highest BCUT2D eigenvalue weighted by atomic mass is 19.1. The summed E-state index contributed by atoms with van der Waals surface area (Å²) in [6, 6.07) is 12.1. The Morgan fingerprint density at radius 2 is 1.75 bits per heavy atom. The van der Waals surface area contributed by atoms with Crippen LogP contribution in [0.1, 0.15) is 0 Å². The maximum absolute atomic E-state index is 12.1. The van der Waals surface area contributed by atoms with Crippen molar-refractivity contribution in [2.45, 2.75) is 0 Å². The molecule has 0 saturated heterocycles. The van der Waals surface area contributed by atoms with E-state index in [9.17, 15) is 4.39 Å². The first kappa shape index (κ1) is 12.8. The van der Waals surface area contributed by atoms with Crippen molar-refractivity contribution in [3.05, 3.63) is 36.4 Å². The number of ether oxygens (including phenoxy) is 1. The highest BCUT2D eigenvalue weighted by Crippen LogP contribution is 2.30. The van der Waals surface area contributed by atoms with Crippen molar-refractivity contribution < 1.29 is 9.13 Å². The third kappa shape index (κ3) is 2.18. The predicted molar refractivity (Wildman–Crippen MR) is 81.6 cm³/mol. The molecule has 0 bridgehead atoms. The van der Waals surface area contributed by atoms with Gasteiger partial charge in [-0.25, -0.2) is 4.39 Å². The number of nitrogens with zero attached hydrogens (tertiary/aromatic N) is 1. The first-order chi connectivity index (χ1) is 9.69. The number of alkyl halides is 1. The lowest BCUT2D eigenvalue weighted by atomic mass is 10.1. The van der Waals surface area contributed by atoms with E-state index in [1.807, 2.05) is 32.3 Å². The molecule has 2 aromatic carbocycles. The molecule has 1 heterocycles. The van der Waals surface area contributed by atoms with E-state index in [2.05, 4.69) is 28.1 Å². The van der Waals surface area contributed by atoms with Gasteiger partial charge in [0.15, 0.2) is 0 Å². The number of halogens is 1. The minimum absolute atomic E-state index is 0.0938. The van der Waals surface area contributed by atoms with E-state index in [1.165, 1.54) is 5.39 Å². The standard InChI is InChI=1S/C16H17FN2O/c1-19(2)11-3-5-13-14-6-4-12(20-8-7-17)10-16(14)18-15(13)9-11/h3-6,9-10,18H,7-8H2,1-2H3. The number of rotatable bonds is 4. The highest BCUT2D eigenvalue weighted by Gasteiger charge is 2.07. The van der Waals surface area contributed by atoms with Gasteiger partial charge < -0.3 is 14.6 Å². The van der Waals surface area contributed by atoms with Crippen molar-refractivity contribution in [2.75, 3.05) is 32.3 Å². The molecule has 0 unspecified atom stereocenters. The van der Waals surface area contributed by atoms with E-state index >= 15 is 0 Å². The zero-order chi connectivity index (χ0) is 14.1. The largest absolute Gasteiger partial charge is 0.491 e. The van der Waals surface area contributed by atoms with Gasteiger partial charge in [0, 0.05) is 42.1 Å². The lowest BCUT2D eigenvalue weighted by molar-refractivity contribution is 0.273. The molecule has 4 heteroatoms. The van der Waals surface area contributed by atoms with Gasteiger partial charge in [0.1, 0.15) is 19.0 Å². The Balaban J connectivity index is 2.09. The second-order valence-corrected chi connectivity index (χ2v) is 4.99.